The molecule has 2 nitrogen and oxygen atoms in total. The lowest BCUT2D eigenvalue weighted by atomic mass is 9.86. The fourth-order valence-corrected chi connectivity index (χ4v) is 3.02. The molecule has 1 saturated carbocycles. The third-order valence-electron chi connectivity index (χ3n) is 3.77. The van der Waals surface area contributed by atoms with Gasteiger partial charge in [0.25, 0.3) is 0 Å². The van der Waals surface area contributed by atoms with Gasteiger partial charge in [-0.05, 0) is 48.7 Å². The van der Waals surface area contributed by atoms with Gasteiger partial charge < -0.3 is 10.6 Å². The van der Waals surface area contributed by atoms with E-state index in [1.807, 2.05) is 24.3 Å². The average molecular weight is 297 g/mol. The van der Waals surface area contributed by atoms with Gasteiger partial charge in [0.15, 0.2) is 5.11 Å². The summed E-state index contributed by atoms with van der Waals surface area (Å²) in [6, 6.07) is 8.36. The number of hydrogen-bond acceptors (Lipinski definition) is 1. The van der Waals surface area contributed by atoms with Crippen molar-refractivity contribution in [3.8, 4) is 0 Å². The Labute approximate surface area is 125 Å². The van der Waals surface area contributed by atoms with E-state index >= 15 is 0 Å². The van der Waals surface area contributed by atoms with Crippen LogP contribution in [0.4, 0.5) is 0 Å². The van der Waals surface area contributed by atoms with Crippen molar-refractivity contribution in [3.05, 3.63) is 34.9 Å². The molecule has 0 aliphatic heterocycles. The van der Waals surface area contributed by atoms with Crippen molar-refractivity contribution in [2.24, 2.45) is 5.92 Å². The van der Waals surface area contributed by atoms with Crippen LogP contribution in [0.25, 0.3) is 0 Å². The molecule has 4 heteroatoms. The zero-order valence-corrected chi connectivity index (χ0v) is 12.9. The summed E-state index contributed by atoms with van der Waals surface area (Å²) < 4.78 is 0. The molecule has 2 N–H and O–H groups in total. The lowest BCUT2D eigenvalue weighted by Crippen LogP contribution is -2.45. The summed E-state index contributed by atoms with van der Waals surface area (Å²) in [5, 5.41) is 8.21. The first kappa shape index (κ1) is 14.6. The van der Waals surface area contributed by atoms with E-state index in [1.165, 1.54) is 25.7 Å². The minimum Gasteiger partial charge on any atom is -0.360 e. The Balaban J connectivity index is 1.78. The Bertz CT molecular complexity index is 436. The highest BCUT2D eigenvalue weighted by molar-refractivity contribution is 7.80. The van der Waals surface area contributed by atoms with Crippen LogP contribution in [0.3, 0.4) is 0 Å². The fraction of sp³-hybridized carbons (Fsp3) is 0.533. The van der Waals surface area contributed by atoms with Crippen LogP contribution in [0.15, 0.2) is 24.3 Å². The van der Waals surface area contributed by atoms with Crippen molar-refractivity contribution < 1.29 is 0 Å². The Kier molecular flexibility index (Phi) is 5.46. The molecule has 2 rings (SSSR count). The van der Waals surface area contributed by atoms with Gasteiger partial charge >= 0.3 is 0 Å². The first-order valence-electron chi connectivity index (χ1n) is 6.94. The summed E-state index contributed by atoms with van der Waals surface area (Å²) in [6.45, 7) is 3.02. The molecule has 1 aliphatic rings. The van der Waals surface area contributed by atoms with Crippen molar-refractivity contribution in [3.63, 3.8) is 0 Å². The van der Waals surface area contributed by atoms with Crippen LogP contribution < -0.4 is 10.6 Å². The van der Waals surface area contributed by atoms with Crippen molar-refractivity contribution in [2.45, 2.75) is 45.2 Å². The van der Waals surface area contributed by atoms with E-state index in [0.717, 1.165) is 15.7 Å². The van der Waals surface area contributed by atoms with Gasteiger partial charge in [-0.2, -0.15) is 0 Å². The Morgan fingerprint density at radius 2 is 2.16 bits per heavy atom. The lowest BCUT2D eigenvalue weighted by Gasteiger charge is -2.30. The largest absolute Gasteiger partial charge is 0.360 e. The maximum absolute atomic E-state index is 5.96. The molecular weight excluding hydrogens is 276 g/mol. The highest BCUT2D eigenvalue weighted by Crippen LogP contribution is 2.23. The molecular formula is C15H21ClN2S. The molecule has 0 amide bonds. The van der Waals surface area contributed by atoms with Crippen molar-refractivity contribution in [1.82, 2.24) is 10.6 Å². The van der Waals surface area contributed by atoms with E-state index in [1.54, 1.807) is 0 Å². The standard InChI is InChI=1S/C15H21ClN2S/c1-11-5-2-3-8-14(11)18-15(19)17-10-12-6-4-7-13(16)9-12/h4,6-7,9,11,14H,2-3,5,8,10H2,1H3,(H2,17,18,19)/t11-,14-/m0/s1. The molecule has 19 heavy (non-hydrogen) atoms. The molecule has 0 unspecified atom stereocenters. The Hall–Kier alpha value is -0.800. The maximum Gasteiger partial charge on any atom is 0.166 e. The number of benzene rings is 1. The maximum atomic E-state index is 5.96. The molecule has 0 bridgehead atoms. The summed E-state index contributed by atoms with van der Waals surface area (Å²) in [4.78, 5) is 0. The minimum atomic E-state index is 0.521. The van der Waals surface area contributed by atoms with Crippen LogP contribution in [-0.4, -0.2) is 11.2 Å². The number of thiocarbonyl (C=S) groups is 1. The van der Waals surface area contributed by atoms with Crippen LogP contribution in [0.2, 0.25) is 5.02 Å². The highest BCUT2D eigenvalue weighted by Gasteiger charge is 2.21. The second kappa shape index (κ2) is 7.11. The first-order valence-corrected chi connectivity index (χ1v) is 7.72. The van der Waals surface area contributed by atoms with Gasteiger partial charge in [-0.15, -0.1) is 0 Å². The highest BCUT2D eigenvalue weighted by atomic mass is 35.5. The van der Waals surface area contributed by atoms with Gasteiger partial charge in [0.1, 0.15) is 0 Å². The number of nitrogens with one attached hydrogen (secondary N) is 2. The van der Waals surface area contributed by atoms with Crippen molar-refractivity contribution >= 4 is 28.9 Å². The summed E-state index contributed by atoms with van der Waals surface area (Å²) in [6.07, 6.45) is 5.18. The summed E-state index contributed by atoms with van der Waals surface area (Å²) in [5.41, 5.74) is 1.15. The molecule has 1 aromatic rings. The second-order valence-corrected chi connectivity index (χ2v) is 6.17. The minimum absolute atomic E-state index is 0.521. The Morgan fingerprint density at radius 3 is 2.89 bits per heavy atom. The summed E-state index contributed by atoms with van der Waals surface area (Å²) >= 11 is 11.3. The fourth-order valence-electron chi connectivity index (χ4n) is 2.58. The van der Waals surface area contributed by atoms with Gasteiger partial charge in [0.2, 0.25) is 0 Å². The second-order valence-electron chi connectivity index (χ2n) is 5.33. The smallest absolute Gasteiger partial charge is 0.166 e. The van der Waals surface area contributed by atoms with Gasteiger partial charge in [-0.1, -0.05) is 43.5 Å². The third-order valence-corrected chi connectivity index (χ3v) is 4.27. The molecule has 1 aliphatic carbocycles. The molecule has 0 aromatic heterocycles. The topological polar surface area (TPSA) is 24.1 Å². The average Bonchev–Trinajstić information content (AvgIpc) is 2.39. The molecule has 0 heterocycles. The summed E-state index contributed by atoms with van der Waals surface area (Å²) in [5.74, 6) is 0.708. The van der Waals surface area contributed by atoms with Gasteiger partial charge in [-0.3, -0.25) is 0 Å². The van der Waals surface area contributed by atoms with Crippen LogP contribution in [0.1, 0.15) is 38.2 Å². The lowest BCUT2D eigenvalue weighted by molar-refractivity contribution is 0.308. The van der Waals surface area contributed by atoms with Crippen LogP contribution in [0, 0.1) is 5.92 Å². The van der Waals surface area contributed by atoms with Crippen LogP contribution in [0.5, 0.6) is 0 Å². The molecule has 1 fully saturated rings. The Morgan fingerprint density at radius 1 is 1.37 bits per heavy atom. The SMILES string of the molecule is C[C@H]1CCCC[C@@H]1NC(=S)NCc1cccc(Cl)c1. The van der Waals surface area contributed by atoms with Crippen molar-refractivity contribution in [1.29, 1.82) is 0 Å². The molecule has 0 spiro atoms. The van der Waals surface area contributed by atoms with Crippen molar-refractivity contribution in [2.75, 3.05) is 0 Å². The molecule has 2 atom stereocenters. The van der Waals surface area contributed by atoms with Gasteiger partial charge in [0, 0.05) is 17.6 Å². The summed E-state index contributed by atoms with van der Waals surface area (Å²) in [7, 11) is 0. The van der Waals surface area contributed by atoms with E-state index in [9.17, 15) is 0 Å². The first-order chi connectivity index (χ1) is 9.15. The number of hydrogen-bond donors (Lipinski definition) is 2. The van der Waals surface area contributed by atoms with Gasteiger partial charge in [0.05, 0.1) is 0 Å². The van der Waals surface area contributed by atoms with E-state index in [2.05, 4.69) is 17.6 Å². The predicted molar refractivity (Wildman–Crippen MR) is 85.4 cm³/mol. The molecule has 0 radical (unpaired) electrons. The van der Waals surface area contributed by atoms with E-state index < -0.39 is 0 Å². The monoisotopic (exact) mass is 296 g/mol. The quantitative estimate of drug-likeness (QED) is 0.828. The van der Waals surface area contributed by atoms with E-state index in [0.29, 0.717) is 18.5 Å². The zero-order chi connectivity index (χ0) is 13.7. The number of halogens is 1. The normalized spacial score (nSPS) is 22.8. The predicted octanol–water partition coefficient (Wildman–Crippen LogP) is 3.88. The van der Waals surface area contributed by atoms with E-state index in [-0.39, 0.29) is 0 Å². The van der Waals surface area contributed by atoms with E-state index in [4.69, 9.17) is 23.8 Å². The molecule has 104 valence electrons. The van der Waals surface area contributed by atoms with Crippen LogP contribution >= 0.6 is 23.8 Å². The molecule has 0 saturated heterocycles. The molecule has 1 aromatic carbocycles. The number of rotatable bonds is 3. The van der Waals surface area contributed by atoms with Gasteiger partial charge in [-0.25, -0.2) is 0 Å². The zero-order valence-electron chi connectivity index (χ0n) is 11.3. The van der Waals surface area contributed by atoms with Crippen LogP contribution in [-0.2, 0) is 6.54 Å². The third kappa shape index (κ3) is 4.66.